The van der Waals surface area contributed by atoms with E-state index in [1.54, 1.807) is 17.0 Å². The largest absolute Gasteiger partial charge is 0.378 e. The first-order valence-electron chi connectivity index (χ1n) is 9.49. The second-order valence-corrected chi connectivity index (χ2v) is 7.33. The number of anilines is 1. The fourth-order valence-electron chi connectivity index (χ4n) is 3.50. The molecule has 7 heteroatoms. The number of likely N-dealkylation sites (tertiary alicyclic amines) is 1. The van der Waals surface area contributed by atoms with Crippen molar-refractivity contribution in [2.24, 2.45) is 5.92 Å². The summed E-state index contributed by atoms with van der Waals surface area (Å²) in [4.78, 5) is 40.5. The van der Waals surface area contributed by atoms with Crippen LogP contribution in [0.15, 0.2) is 24.3 Å². The number of ketones is 1. The zero-order chi connectivity index (χ0) is 19.4. The van der Waals surface area contributed by atoms with Crippen LogP contribution in [0.1, 0.15) is 30.6 Å². The molecule has 2 aliphatic rings. The van der Waals surface area contributed by atoms with Crippen molar-refractivity contribution in [1.82, 2.24) is 10.2 Å². The molecule has 0 radical (unpaired) electrons. The number of amides is 2. The third-order valence-electron chi connectivity index (χ3n) is 5.14. The van der Waals surface area contributed by atoms with Crippen molar-refractivity contribution in [2.75, 3.05) is 44.3 Å². The van der Waals surface area contributed by atoms with Crippen LogP contribution in [0.2, 0.25) is 0 Å². The molecule has 146 valence electrons. The number of Topliss-reactive ketones (excluding diaryl/α,β-unsaturated/α-hetero) is 1. The van der Waals surface area contributed by atoms with Crippen molar-refractivity contribution in [1.29, 1.82) is 0 Å². The summed E-state index contributed by atoms with van der Waals surface area (Å²) in [5.41, 5.74) is 1.63. The van der Waals surface area contributed by atoms with Gasteiger partial charge >= 0.3 is 0 Å². The van der Waals surface area contributed by atoms with Gasteiger partial charge in [-0.1, -0.05) is 0 Å². The molecule has 2 saturated heterocycles. The van der Waals surface area contributed by atoms with Crippen LogP contribution in [0.25, 0.3) is 0 Å². The van der Waals surface area contributed by atoms with E-state index in [0.717, 1.165) is 18.8 Å². The topological polar surface area (TPSA) is 79.0 Å². The molecular formula is C20H27N3O4. The molecular weight excluding hydrogens is 346 g/mol. The second-order valence-electron chi connectivity index (χ2n) is 7.33. The van der Waals surface area contributed by atoms with Crippen molar-refractivity contribution < 1.29 is 19.1 Å². The summed E-state index contributed by atoms with van der Waals surface area (Å²) in [7, 11) is 0. The number of ether oxygens (including phenoxy) is 1. The highest BCUT2D eigenvalue weighted by Crippen LogP contribution is 2.20. The first kappa shape index (κ1) is 19.4. The Labute approximate surface area is 159 Å². The summed E-state index contributed by atoms with van der Waals surface area (Å²) in [6.45, 7) is 7.35. The normalized spacial score (nSPS) is 20.3. The van der Waals surface area contributed by atoms with Gasteiger partial charge in [-0.05, 0) is 38.1 Å². The Morgan fingerprint density at radius 1 is 1.19 bits per heavy atom. The molecule has 0 saturated carbocycles. The predicted octanol–water partition coefficient (Wildman–Crippen LogP) is 1.08. The summed E-state index contributed by atoms with van der Waals surface area (Å²) >= 11 is 0. The van der Waals surface area contributed by atoms with E-state index in [1.807, 2.05) is 26.0 Å². The number of benzene rings is 1. The number of hydrogen-bond donors (Lipinski definition) is 1. The van der Waals surface area contributed by atoms with E-state index in [0.29, 0.717) is 25.3 Å². The van der Waals surface area contributed by atoms with Gasteiger partial charge in [-0.15, -0.1) is 0 Å². The highest BCUT2D eigenvalue weighted by atomic mass is 16.5. The molecule has 7 nitrogen and oxygen atoms in total. The van der Waals surface area contributed by atoms with Crippen LogP contribution in [0.5, 0.6) is 0 Å². The van der Waals surface area contributed by atoms with Crippen LogP contribution in [-0.4, -0.2) is 67.9 Å². The lowest BCUT2D eigenvalue weighted by Gasteiger charge is -2.28. The molecule has 0 aromatic heterocycles. The van der Waals surface area contributed by atoms with Crippen molar-refractivity contribution >= 4 is 23.3 Å². The first-order chi connectivity index (χ1) is 13.0. The maximum Gasteiger partial charge on any atom is 0.225 e. The lowest BCUT2D eigenvalue weighted by atomic mass is 10.1. The maximum atomic E-state index is 12.4. The number of nitrogens with one attached hydrogen (secondary N) is 1. The summed E-state index contributed by atoms with van der Waals surface area (Å²) in [5, 5.41) is 2.69. The van der Waals surface area contributed by atoms with Crippen LogP contribution in [-0.2, 0) is 14.3 Å². The van der Waals surface area contributed by atoms with Crippen LogP contribution in [0.4, 0.5) is 5.69 Å². The molecule has 2 heterocycles. The molecule has 2 amide bonds. The molecule has 2 aliphatic heterocycles. The van der Waals surface area contributed by atoms with E-state index in [1.165, 1.54) is 0 Å². The van der Waals surface area contributed by atoms with E-state index in [9.17, 15) is 14.4 Å². The van der Waals surface area contributed by atoms with Crippen molar-refractivity contribution in [3.63, 3.8) is 0 Å². The summed E-state index contributed by atoms with van der Waals surface area (Å²) in [5.74, 6) is -0.752. The molecule has 1 aromatic carbocycles. The van der Waals surface area contributed by atoms with E-state index in [2.05, 4.69) is 10.2 Å². The average Bonchev–Trinajstić information content (AvgIpc) is 3.09. The van der Waals surface area contributed by atoms with Gasteiger partial charge in [-0.2, -0.15) is 0 Å². The Bertz CT molecular complexity index is 696. The number of rotatable bonds is 6. The van der Waals surface area contributed by atoms with E-state index in [-0.39, 0.29) is 42.5 Å². The van der Waals surface area contributed by atoms with Crippen molar-refractivity contribution in [3.8, 4) is 0 Å². The third-order valence-corrected chi connectivity index (χ3v) is 5.14. The highest BCUT2D eigenvalue weighted by Gasteiger charge is 2.35. The molecule has 3 rings (SSSR count). The highest BCUT2D eigenvalue weighted by molar-refractivity contribution is 6.00. The molecule has 1 unspecified atom stereocenters. The number of morpholine rings is 1. The van der Waals surface area contributed by atoms with E-state index >= 15 is 0 Å². The molecule has 0 aliphatic carbocycles. The van der Waals surface area contributed by atoms with Gasteiger partial charge < -0.3 is 19.9 Å². The van der Waals surface area contributed by atoms with Crippen molar-refractivity contribution in [3.05, 3.63) is 29.8 Å². The summed E-state index contributed by atoms with van der Waals surface area (Å²) < 4.78 is 5.35. The van der Waals surface area contributed by atoms with Gasteiger partial charge in [-0.3, -0.25) is 14.4 Å². The van der Waals surface area contributed by atoms with Gasteiger partial charge in [0.2, 0.25) is 11.8 Å². The monoisotopic (exact) mass is 373 g/mol. The standard InChI is InChI=1S/C20H27N3O4/c1-14(2)23-13-16(11-19(23)25)20(26)21-12-18(24)15-3-5-17(6-4-15)22-7-9-27-10-8-22/h3-6,14,16H,7-13H2,1-2H3,(H,21,26). The van der Waals surface area contributed by atoms with Crippen molar-refractivity contribution in [2.45, 2.75) is 26.3 Å². The number of carbonyl (C=O) groups is 3. The minimum Gasteiger partial charge on any atom is -0.378 e. The quantitative estimate of drug-likeness (QED) is 0.755. The zero-order valence-electron chi connectivity index (χ0n) is 15.9. The van der Waals surface area contributed by atoms with Crippen LogP contribution >= 0.6 is 0 Å². The molecule has 0 spiro atoms. The van der Waals surface area contributed by atoms with Gasteiger partial charge in [0, 0.05) is 43.3 Å². The van der Waals surface area contributed by atoms with Gasteiger partial charge in [0.25, 0.3) is 0 Å². The van der Waals surface area contributed by atoms with Gasteiger partial charge in [0.05, 0.1) is 25.7 Å². The fraction of sp³-hybridized carbons (Fsp3) is 0.550. The minimum atomic E-state index is -0.378. The van der Waals surface area contributed by atoms with E-state index < -0.39 is 0 Å². The molecule has 1 atom stereocenters. The van der Waals surface area contributed by atoms with Gasteiger partial charge in [-0.25, -0.2) is 0 Å². The Kier molecular flexibility index (Phi) is 6.11. The third kappa shape index (κ3) is 4.66. The molecule has 0 bridgehead atoms. The molecule has 27 heavy (non-hydrogen) atoms. The van der Waals surface area contributed by atoms with Crippen LogP contribution in [0.3, 0.4) is 0 Å². The lowest BCUT2D eigenvalue weighted by molar-refractivity contribution is -0.129. The van der Waals surface area contributed by atoms with E-state index in [4.69, 9.17) is 4.74 Å². The minimum absolute atomic E-state index is 0.00446. The number of carbonyl (C=O) groups excluding carboxylic acids is 3. The maximum absolute atomic E-state index is 12.4. The fourth-order valence-corrected chi connectivity index (χ4v) is 3.50. The van der Waals surface area contributed by atoms with Crippen LogP contribution in [0, 0.1) is 5.92 Å². The Balaban J connectivity index is 1.50. The Hall–Kier alpha value is -2.41. The molecule has 1 aromatic rings. The number of hydrogen-bond acceptors (Lipinski definition) is 5. The summed E-state index contributed by atoms with van der Waals surface area (Å²) in [6.07, 6.45) is 0.215. The Morgan fingerprint density at radius 2 is 1.85 bits per heavy atom. The molecule has 2 fully saturated rings. The zero-order valence-corrected chi connectivity index (χ0v) is 15.9. The lowest BCUT2D eigenvalue weighted by Crippen LogP contribution is -2.37. The average molecular weight is 373 g/mol. The smallest absolute Gasteiger partial charge is 0.225 e. The SMILES string of the molecule is CC(C)N1CC(C(=O)NCC(=O)c2ccc(N3CCOCC3)cc2)CC1=O. The van der Waals surface area contributed by atoms with Gasteiger partial charge in [0.15, 0.2) is 5.78 Å². The van der Waals surface area contributed by atoms with Gasteiger partial charge in [0.1, 0.15) is 0 Å². The molecule has 1 N–H and O–H groups in total. The number of nitrogens with zero attached hydrogens (tertiary/aromatic N) is 2. The second kappa shape index (κ2) is 8.52. The first-order valence-corrected chi connectivity index (χ1v) is 9.49. The predicted molar refractivity (Wildman–Crippen MR) is 102 cm³/mol. The van der Waals surface area contributed by atoms with Crippen LogP contribution < -0.4 is 10.2 Å². The Morgan fingerprint density at radius 3 is 2.44 bits per heavy atom. The summed E-state index contributed by atoms with van der Waals surface area (Å²) in [6, 6.07) is 7.52.